The molecule has 23 heteroatoms. The van der Waals surface area contributed by atoms with Crippen LogP contribution in [0.15, 0.2) is 55.1 Å². The van der Waals surface area contributed by atoms with Crippen molar-refractivity contribution in [2.45, 2.75) is 34.0 Å². The normalized spacial score (nSPS) is 13.4. The van der Waals surface area contributed by atoms with Crippen LogP contribution in [0.5, 0.6) is 0 Å². The molecule has 0 aliphatic carbocycles. The van der Waals surface area contributed by atoms with Crippen LogP contribution in [-0.2, 0) is 34.6 Å². The largest absolute Gasteiger partial charge is 0.481 e. The third-order valence-electron chi connectivity index (χ3n) is 5.83. The molecule has 2 unspecified atom stereocenters. The summed E-state index contributed by atoms with van der Waals surface area (Å²) in [7, 11) is -9.72. The number of halogens is 3. The summed E-state index contributed by atoms with van der Waals surface area (Å²) in [5.41, 5.74) is -1.90. The minimum atomic E-state index is -4.99. The summed E-state index contributed by atoms with van der Waals surface area (Å²) in [6.45, 7) is 1.06. The zero-order valence-corrected chi connectivity index (χ0v) is 27.5. The second-order valence-electron chi connectivity index (χ2n) is 9.15. The third kappa shape index (κ3) is 8.97. The molecule has 0 spiro atoms. The lowest BCUT2D eigenvalue weighted by Crippen LogP contribution is -2.43. The van der Waals surface area contributed by atoms with Crippen molar-refractivity contribution >= 4 is 94.3 Å². The Labute approximate surface area is 277 Å². The first-order chi connectivity index (χ1) is 21.2. The van der Waals surface area contributed by atoms with Gasteiger partial charge in [-0.3, -0.25) is 33.4 Å². The minimum Gasteiger partial charge on any atom is -0.481 e. The third-order valence-corrected chi connectivity index (χ3v) is 9.07. The van der Waals surface area contributed by atoms with Crippen LogP contribution in [-0.4, -0.2) is 81.2 Å². The van der Waals surface area contributed by atoms with Gasteiger partial charge in [0.1, 0.15) is 26.3 Å². The molecular weight excluding hydrogens is 767 g/mol. The number of nitrogens with one attached hydrogen (secondary N) is 3. The smallest absolute Gasteiger partial charge is 0.321 e. The molecule has 18 nitrogen and oxygen atoms in total. The summed E-state index contributed by atoms with van der Waals surface area (Å²) in [6.07, 6.45) is -0.757. The molecule has 1 amide bonds. The van der Waals surface area contributed by atoms with Crippen LogP contribution >= 0.6 is 39.1 Å². The maximum absolute atomic E-state index is 13.1. The highest BCUT2D eigenvalue weighted by molar-refractivity contribution is 9.10. The number of alkyl halides is 1. The summed E-state index contributed by atoms with van der Waals surface area (Å²) >= 11 is 15.1. The number of carbonyl (C=O) groups is 3. The van der Waals surface area contributed by atoms with E-state index in [1.54, 1.807) is 0 Å². The lowest BCUT2D eigenvalue weighted by molar-refractivity contribution is -0.145. The highest BCUT2D eigenvalue weighted by atomic mass is 79.9. The molecule has 248 valence electrons. The molecule has 1 heterocycles. The molecule has 3 rings (SSSR count). The molecule has 0 aliphatic heterocycles. The summed E-state index contributed by atoms with van der Waals surface area (Å²) in [6, 6.07) is 3.37. The van der Waals surface area contributed by atoms with E-state index in [0.717, 1.165) is 28.9 Å². The Kier molecular flexibility index (Phi) is 11.5. The monoisotopic (exact) mass is 786 g/mol. The fourth-order valence-electron chi connectivity index (χ4n) is 3.68. The van der Waals surface area contributed by atoms with Gasteiger partial charge < -0.3 is 20.8 Å². The highest BCUT2D eigenvalue weighted by Gasteiger charge is 2.25. The fourth-order valence-corrected chi connectivity index (χ4v) is 5.96. The van der Waals surface area contributed by atoms with Crippen molar-refractivity contribution in [2.75, 3.05) is 11.9 Å². The second-order valence-corrected chi connectivity index (χ2v) is 13.8. The number of azo groups is 1. The van der Waals surface area contributed by atoms with Crippen LogP contribution in [0.1, 0.15) is 12.1 Å². The van der Waals surface area contributed by atoms with Crippen molar-refractivity contribution in [2.24, 2.45) is 10.2 Å². The number of rotatable bonds is 13. The first kappa shape index (κ1) is 36.8. The lowest BCUT2D eigenvalue weighted by atomic mass is 10.2. The first-order valence-corrected chi connectivity index (χ1v) is 16.7. The van der Waals surface area contributed by atoms with Crippen LogP contribution in [0, 0.1) is 6.92 Å². The van der Waals surface area contributed by atoms with Gasteiger partial charge in [0.25, 0.3) is 25.8 Å². The molecule has 7 N–H and O–H groups in total. The summed E-state index contributed by atoms with van der Waals surface area (Å²) in [5.74, 6) is -3.64. The van der Waals surface area contributed by atoms with Crippen LogP contribution in [0.25, 0.3) is 5.69 Å². The molecule has 0 fully saturated rings. The fraction of sp³-hybridized carbons (Fsp3) is 0.217. The maximum atomic E-state index is 13.1. The summed E-state index contributed by atoms with van der Waals surface area (Å²) in [5, 5.41) is 32.0. The summed E-state index contributed by atoms with van der Waals surface area (Å²) < 4.78 is 67.1. The van der Waals surface area contributed by atoms with E-state index in [9.17, 15) is 45.1 Å². The number of carboxylic acid groups (broad SMARTS) is 2. The predicted octanol–water partition coefficient (Wildman–Crippen LogP) is 2.91. The number of H-pyrrole nitrogens is 1. The number of nitrogens with zero attached hydrogens (tertiary/aromatic N) is 3. The molecular formula is C23H21BrCl2N6O12S2. The van der Waals surface area contributed by atoms with Crippen LogP contribution in [0.2, 0.25) is 10.0 Å². The Morgan fingerprint density at radius 1 is 1.00 bits per heavy atom. The van der Waals surface area contributed by atoms with Gasteiger partial charge in [-0.05, 0) is 37.3 Å². The Morgan fingerprint density at radius 3 is 2.20 bits per heavy atom. The number of aromatic amines is 1. The number of aryl methyl sites for hydroxylation is 1. The zero-order chi connectivity index (χ0) is 34.7. The minimum absolute atomic E-state index is 0.0857. The van der Waals surface area contributed by atoms with Gasteiger partial charge in [0.2, 0.25) is 5.91 Å². The Morgan fingerprint density at radius 2 is 1.63 bits per heavy atom. The number of anilines is 1. The SMILES string of the molecule is Cc1[nH]n(-c2cc(Cl)c(S(=O)(=O)O)cc2Cl)c(=O)c1N=Nc1ccc(NC(=O)C(Br)CNC(CC(=O)O)C(=O)O)cc1S(=O)(=O)O. The molecule has 3 aromatic rings. The van der Waals surface area contributed by atoms with Crippen LogP contribution in [0.3, 0.4) is 0 Å². The number of hydrogen-bond acceptors (Lipinski definition) is 11. The van der Waals surface area contributed by atoms with Gasteiger partial charge in [-0.25, -0.2) is 4.68 Å². The number of aliphatic carboxylic acids is 2. The van der Waals surface area contributed by atoms with E-state index in [1.807, 2.05) is 0 Å². The summed E-state index contributed by atoms with van der Waals surface area (Å²) in [4.78, 5) is 45.0. The molecule has 1 aromatic heterocycles. The molecule has 2 aromatic carbocycles. The Hall–Kier alpha value is -3.70. The van der Waals surface area contributed by atoms with Crippen molar-refractivity contribution in [3.05, 3.63) is 56.4 Å². The van der Waals surface area contributed by atoms with Gasteiger partial charge in [-0.15, -0.1) is 10.2 Å². The average molecular weight is 788 g/mol. The molecule has 0 radical (unpaired) electrons. The lowest BCUT2D eigenvalue weighted by Gasteiger charge is -2.16. The van der Waals surface area contributed by atoms with Gasteiger partial charge >= 0.3 is 11.9 Å². The molecule has 0 saturated carbocycles. The first-order valence-electron chi connectivity index (χ1n) is 12.2. The van der Waals surface area contributed by atoms with Gasteiger partial charge in [0, 0.05) is 12.2 Å². The number of aromatic nitrogens is 2. The molecule has 0 aliphatic rings. The average Bonchev–Trinajstić information content (AvgIpc) is 3.21. The van der Waals surface area contributed by atoms with Crippen molar-refractivity contribution < 1.29 is 50.5 Å². The number of hydrogen-bond donors (Lipinski definition) is 7. The van der Waals surface area contributed by atoms with E-state index in [2.05, 4.69) is 41.9 Å². The quantitative estimate of drug-likeness (QED) is 0.0746. The van der Waals surface area contributed by atoms with Gasteiger partial charge in [0.05, 0.1) is 27.8 Å². The van der Waals surface area contributed by atoms with E-state index in [1.165, 1.54) is 13.0 Å². The predicted molar refractivity (Wildman–Crippen MR) is 164 cm³/mol. The van der Waals surface area contributed by atoms with Gasteiger partial charge in [-0.2, -0.15) is 16.8 Å². The number of carbonyl (C=O) groups excluding carboxylic acids is 1. The Bertz CT molecular complexity index is 2030. The topological polar surface area (TPSA) is 287 Å². The van der Waals surface area contributed by atoms with Gasteiger partial charge in [0.15, 0.2) is 5.69 Å². The van der Waals surface area contributed by atoms with E-state index >= 15 is 0 Å². The number of carboxylic acids is 2. The van der Waals surface area contributed by atoms with E-state index < -0.39 is 81.4 Å². The van der Waals surface area contributed by atoms with Gasteiger partial charge in [-0.1, -0.05) is 39.1 Å². The van der Waals surface area contributed by atoms with E-state index in [-0.39, 0.29) is 34.3 Å². The van der Waals surface area contributed by atoms with Crippen molar-refractivity contribution in [3.63, 3.8) is 0 Å². The number of benzene rings is 2. The second kappa shape index (κ2) is 14.4. The standard InChI is InChI=1S/C23H21BrCl2N6O12S2/c1-9-20(22(36)32(31-9)16-5-13(26)17(6-12(16)25)45(39,40)41)30-29-14-3-2-10(4-18(14)46(42,43)44)28-21(35)11(24)8-27-15(23(37)38)7-19(33)34/h2-6,11,15,27,31H,7-8H2,1H3,(H,28,35)(H,33,34)(H,37,38)(H,39,40,41)(H,42,43,44). The molecule has 0 bridgehead atoms. The van der Waals surface area contributed by atoms with E-state index in [4.69, 9.17) is 33.4 Å². The van der Waals surface area contributed by atoms with Crippen LogP contribution < -0.4 is 16.2 Å². The highest BCUT2D eigenvalue weighted by Crippen LogP contribution is 2.32. The Balaban J connectivity index is 1.88. The number of amides is 1. The molecule has 46 heavy (non-hydrogen) atoms. The maximum Gasteiger partial charge on any atom is 0.321 e. The van der Waals surface area contributed by atoms with Crippen molar-refractivity contribution in [1.29, 1.82) is 0 Å². The molecule has 0 saturated heterocycles. The van der Waals surface area contributed by atoms with Crippen molar-refractivity contribution in [3.8, 4) is 5.69 Å². The van der Waals surface area contributed by atoms with Crippen molar-refractivity contribution in [1.82, 2.24) is 15.1 Å². The zero-order valence-electron chi connectivity index (χ0n) is 22.8. The van der Waals surface area contributed by atoms with E-state index in [0.29, 0.717) is 0 Å². The van der Waals surface area contributed by atoms with Crippen LogP contribution in [0.4, 0.5) is 17.1 Å². The molecule has 2 atom stereocenters.